The van der Waals surface area contributed by atoms with Gasteiger partial charge in [-0.2, -0.15) is 8.78 Å². The minimum absolute atomic E-state index is 0.626. The standard InChI is InChI=1S/C16H23FO.C2HF3/c1-2-3-13-4-6-14(7-5-13)15-8-10-16(11-9-15)18-12-17;3-1-2(4)5/h8-11,13-14H,2-7,12H2,1H3;1H. The number of halogens is 4. The smallest absolute Gasteiger partial charge is 0.298 e. The second-order valence-corrected chi connectivity index (χ2v) is 5.73. The van der Waals surface area contributed by atoms with Crippen molar-refractivity contribution in [2.45, 2.75) is 51.4 Å². The Bertz CT molecular complexity index is 447. The molecule has 0 unspecified atom stereocenters. The van der Waals surface area contributed by atoms with E-state index in [1.807, 2.05) is 12.1 Å². The van der Waals surface area contributed by atoms with Gasteiger partial charge in [0.05, 0.1) is 0 Å². The van der Waals surface area contributed by atoms with Gasteiger partial charge in [0.25, 0.3) is 6.08 Å². The van der Waals surface area contributed by atoms with Crippen molar-refractivity contribution in [2.24, 2.45) is 5.92 Å². The number of hydrogen-bond acceptors (Lipinski definition) is 1. The molecule has 1 aliphatic carbocycles. The Morgan fingerprint density at radius 2 is 1.70 bits per heavy atom. The second kappa shape index (κ2) is 11.1. The van der Waals surface area contributed by atoms with Crippen molar-refractivity contribution in [3.05, 3.63) is 42.2 Å². The van der Waals surface area contributed by atoms with Crippen LogP contribution in [-0.2, 0) is 0 Å². The van der Waals surface area contributed by atoms with Gasteiger partial charge in [-0.3, -0.25) is 0 Å². The van der Waals surface area contributed by atoms with Gasteiger partial charge in [0.1, 0.15) is 5.75 Å². The van der Waals surface area contributed by atoms with E-state index in [1.54, 1.807) is 0 Å². The molecular weight excluding hydrogens is 308 g/mol. The van der Waals surface area contributed by atoms with Crippen LogP contribution in [0.3, 0.4) is 0 Å². The molecule has 2 rings (SSSR count). The van der Waals surface area contributed by atoms with E-state index in [9.17, 15) is 17.6 Å². The van der Waals surface area contributed by atoms with Gasteiger partial charge in [0.15, 0.2) is 6.33 Å². The van der Waals surface area contributed by atoms with Crippen LogP contribution in [0.25, 0.3) is 0 Å². The molecule has 1 nitrogen and oxygen atoms in total. The maximum absolute atomic E-state index is 12.0. The maximum atomic E-state index is 12.0. The number of hydrogen-bond donors (Lipinski definition) is 0. The van der Waals surface area contributed by atoms with Crippen molar-refractivity contribution >= 4 is 0 Å². The van der Waals surface area contributed by atoms with Gasteiger partial charge in [0, 0.05) is 0 Å². The molecule has 0 bridgehead atoms. The molecule has 1 aliphatic rings. The molecule has 0 aromatic heterocycles. The van der Waals surface area contributed by atoms with Crippen molar-refractivity contribution in [1.29, 1.82) is 0 Å². The summed E-state index contributed by atoms with van der Waals surface area (Å²) in [6, 6.07) is 7.95. The van der Waals surface area contributed by atoms with E-state index in [1.165, 1.54) is 44.1 Å². The minimum Gasteiger partial charge on any atom is -0.463 e. The van der Waals surface area contributed by atoms with Crippen molar-refractivity contribution in [3.8, 4) is 5.75 Å². The van der Waals surface area contributed by atoms with Crippen molar-refractivity contribution in [3.63, 3.8) is 0 Å². The van der Waals surface area contributed by atoms with Crippen LogP contribution in [0.15, 0.2) is 36.7 Å². The van der Waals surface area contributed by atoms with E-state index in [2.05, 4.69) is 19.1 Å². The molecule has 5 heteroatoms. The van der Waals surface area contributed by atoms with Crippen LogP contribution in [0.4, 0.5) is 17.6 Å². The molecule has 0 heterocycles. The summed E-state index contributed by atoms with van der Waals surface area (Å²) in [4.78, 5) is 0. The maximum Gasteiger partial charge on any atom is 0.298 e. The van der Waals surface area contributed by atoms with Gasteiger partial charge in [-0.15, -0.1) is 0 Å². The summed E-state index contributed by atoms with van der Waals surface area (Å²) < 4.78 is 47.6. The van der Waals surface area contributed by atoms with E-state index < -0.39 is 19.3 Å². The monoisotopic (exact) mass is 332 g/mol. The fourth-order valence-corrected chi connectivity index (χ4v) is 3.09. The Morgan fingerprint density at radius 3 is 2.13 bits per heavy atom. The largest absolute Gasteiger partial charge is 0.463 e. The third kappa shape index (κ3) is 7.53. The lowest BCUT2D eigenvalue weighted by atomic mass is 9.77. The SMILES string of the molecule is CCCC1CCC(c2ccc(OCF)cc2)CC1.FC=C(F)F. The molecule has 0 aliphatic heterocycles. The van der Waals surface area contributed by atoms with Crippen LogP contribution in [0, 0.1) is 5.92 Å². The van der Waals surface area contributed by atoms with E-state index >= 15 is 0 Å². The van der Waals surface area contributed by atoms with Crippen LogP contribution in [0.5, 0.6) is 5.75 Å². The van der Waals surface area contributed by atoms with E-state index in [-0.39, 0.29) is 0 Å². The molecule has 1 aromatic rings. The molecule has 130 valence electrons. The second-order valence-electron chi connectivity index (χ2n) is 5.73. The predicted molar refractivity (Wildman–Crippen MR) is 84.1 cm³/mol. The number of ether oxygens (including phenoxy) is 1. The zero-order valence-corrected chi connectivity index (χ0v) is 13.4. The molecule has 23 heavy (non-hydrogen) atoms. The third-order valence-corrected chi connectivity index (χ3v) is 4.20. The van der Waals surface area contributed by atoms with Crippen LogP contribution in [0.2, 0.25) is 0 Å². The summed E-state index contributed by atoms with van der Waals surface area (Å²) in [6.07, 6.45) is 4.98. The van der Waals surface area contributed by atoms with E-state index in [0.717, 1.165) is 5.92 Å². The van der Waals surface area contributed by atoms with Crippen LogP contribution < -0.4 is 4.74 Å². The normalized spacial score (nSPS) is 20.2. The summed E-state index contributed by atoms with van der Waals surface area (Å²) in [7, 11) is 0. The third-order valence-electron chi connectivity index (χ3n) is 4.20. The van der Waals surface area contributed by atoms with Gasteiger partial charge in [-0.1, -0.05) is 31.9 Å². The average molecular weight is 332 g/mol. The summed E-state index contributed by atoms with van der Waals surface area (Å²) in [5.74, 6) is 2.26. The molecule has 0 N–H and O–H groups in total. The quantitative estimate of drug-likeness (QED) is 0.541. The molecular formula is C18H24F4O. The number of rotatable bonds is 5. The molecule has 1 aromatic carbocycles. The summed E-state index contributed by atoms with van der Waals surface area (Å²) in [5.41, 5.74) is 1.39. The Hall–Kier alpha value is -1.52. The molecule has 1 fully saturated rings. The first-order valence-corrected chi connectivity index (χ1v) is 8.00. The molecule has 0 spiro atoms. The van der Waals surface area contributed by atoms with E-state index in [0.29, 0.717) is 11.7 Å². The molecule has 1 saturated carbocycles. The first-order chi connectivity index (χ1) is 11.1. The van der Waals surface area contributed by atoms with Crippen molar-refractivity contribution in [1.82, 2.24) is 0 Å². The fourth-order valence-electron chi connectivity index (χ4n) is 3.09. The Kier molecular flexibility index (Phi) is 9.41. The zero-order chi connectivity index (χ0) is 17.1. The number of alkyl halides is 1. The highest BCUT2D eigenvalue weighted by Crippen LogP contribution is 2.37. The zero-order valence-electron chi connectivity index (χ0n) is 13.4. The lowest BCUT2D eigenvalue weighted by Crippen LogP contribution is -2.13. The van der Waals surface area contributed by atoms with Gasteiger partial charge >= 0.3 is 0 Å². The Morgan fingerprint density at radius 1 is 1.13 bits per heavy atom. The summed E-state index contributed by atoms with van der Waals surface area (Å²) >= 11 is 0. The molecule has 0 atom stereocenters. The highest BCUT2D eigenvalue weighted by molar-refractivity contribution is 5.29. The fraction of sp³-hybridized carbons (Fsp3) is 0.556. The van der Waals surface area contributed by atoms with Gasteiger partial charge in [-0.05, 0) is 55.2 Å². The highest BCUT2D eigenvalue weighted by Gasteiger charge is 2.21. The lowest BCUT2D eigenvalue weighted by molar-refractivity contribution is 0.191. The first kappa shape index (κ1) is 19.5. The van der Waals surface area contributed by atoms with E-state index in [4.69, 9.17) is 4.74 Å². The summed E-state index contributed by atoms with van der Waals surface area (Å²) in [6.45, 7) is 1.52. The highest BCUT2D eigenvalue weighted by atomic mass is 19.3. The molecule has 0 saturated heterocycles. The van der Waals surface area contributed by atoms with Crippen molar-refractivity contribution in [2.75, 3.05) is 6.86 Å². The van der Waals surface area contributed by atoms with Gasteiger partial charge in [-0.25, -0.2) is 8.78 Å². The summed E-state index contributed by atoms with van der Waals surface area (Å²) in [5, 5.41) is 0. The number of benzene rings is 1. The van der Waals surface area contributed by atoms with Crippen LogP contribution in [-0.4, -0.2) is 6.86 Å². The molecule has 0 radical (unpaired) electrons. The average Bonchev–Trinajstić information content (AvgIpc) is 2.57. The minimum atomic E-state index is -2.29. The first-order valence-electron chi connectivity index (χ1n) is 8.00. The van der Waals surface area contributed by atoms with Crippen molar-refractivity contribution < 1.29 is 22.3 Å². The van der Waals surface area contributed by atoms with Crippen LogP contribution in [0.1, 0.15) is 56.9 Å². The predicted octanol–water partition coefficient (Wildman–Crippen LogP) is 6.76. The van der Waals surface area contributed by atoms with Crippen LogP contribution >= 0.6 is 0 Å². The lowest BCUT2D eigenvalue weighted by Gasteiger charge is -2.28. The van der Waals surface area contributed by atoms with Gasteiger partial charge < -0.3 is 4.74 Å². The Balaban J connectivity index is 0.000000463. The molecule has 0 amide bonds. The Labute approximate surface area is 135 Å². The van der Waals surface area contributed by atoms with Gasteiger partial charge in [0.2, 0.25) is 6.86 Å². The topological polar surface area (TPSA) is 9.23 Å².